The molecular weight excluding hydrogens is 262 g/mol. The van der Waals surface area contributed by atoms with E-state index in [4.69, 9.17) is 19.9 Å². The van der Waals surface area contributed by atoms with Crippen LogP contribution in [0.3, 0.4) is 0 Å². The van der Waals surface area contributed by atoms with Gasteiger partial charge in [0.15, 0.2) is 0 Å². The Morgan fingerprint density at radius 3 is 1.53 bits per heavy atom. The molecule has 0 spiro atoms. The molecule has 0 aromatic heterocycles. The van der Waals surface area contributed by atoms with Gasteiger partial charge in [-0.3, -0.25) is 9.87 Å². The molecule has 1 unspecified atom stereocenters. The van der Waals surface area contributed by atoms with Gasteiger partial charge in [0.2, 0.25) is 0 Å². The van der Waals surface area contributed by atoms with Gasteiger partial charge in [-0.05, 0) is 6.92 Å². The highest BCUT2D eigenvalue weighted by molar-refractivity contribution is 7.86. The van der Waals surface area contributed by atoms with Gasteiger partial charge in [0.05, 0.1) is 0 Å². The fraction of sp³-hybridized carbons (Fsp3) is 0.500. The number of carboxylic acid groups (broad SMARTS) is 3. The molecule has 0 saturated carbocycles. The average molecular weight is 271 g/mol. The Morgan fingerprint density at radius 1 is 1.06 bits per heavy atom. The van der Waals surface area contributed by atoms with Crippen LogP contribution >= 0.6 is 0 Å². The van der Waals surface area contributed by atoms with E-state index in [1.54, 1.807) is 0 Å². The first-order chi connectivity index (χ1) is 7.46. The minimum absolute atomic E-state index is 0.693. The maximum absolute atomic E-state index is 10.7. The minimum atomic E-state index is -4.84. The van der Waals surface area contributed by atoms with Crippen LogP contribution in [0.2, 0.25) is 0 Å². The predicted molar refractivity (Wildman–Crippen MR) is 49.8 cm³/mol. The molecule has 0 fully saturated rings. The number of carbonyl (C=O) groups is 3. The van der Waals surface area contributed by atoms with Crippen LogP contribution in [0.1, 0.15) is 6.92 Å². The molecule has 0 radical (unpaired) electrons. The fourth-order valence-corrected chi connectivity index (χ4v) is 1.16. The molecule has 11 heteroatoms. The van der Waals surface area contributed by atoms with E-state index < -0.39 is 38.9 Å². The molecule has 17 heavy (non-hydrogen) atoms. The number of rotatable bonds is 6. The number of carboxylic acids is 3. The highest BCUT2D eigenvalue weighted by Gasteiger charge is 2.56. The van der Waals surface area contributed by atoms with E-state index >= 15 is 0 Å². The molecule has 0 aliphatic carbocycles. The second kappa shape index (κ2) is 4.65. The Kier molecular flexibility index (Phi) is 4.18. The molecule has 10 nitrogen and oxygen atoms in total. The number of aliphatic carboxylic acids is 3. The lowest BCUT2D eigenvalue weighted by Gasteiger charge is -2.24. The zero-order chi connectivity index (χ0) is 14.0. The standard InChI is InChI=1S/C6H9NO9S/c1-2(17(14,15)16)7-6(3(8)9,4(10)11)5(12)13/h2,7H,1H3,(H,8,9)(H,10,11)(H,12,13)(H,14,15,16). The quantitative estimate of drug-likeness (QED) is 0.263. The summed E-state index contributed by atoms with van der Waals surface area (Å²) in [5.41, 5.74) is -3.56. The second-order valence-corrected chi connectivity index (χ2v) is 4.70. The van der Waals surface area contributed by atoms with Crippen LogP contribution in [0, 0.1) is 0 Å². The summed E-state index contributed by atoms with van der Waals surface area (Å²) in [4.78, 5) is 32.0. The van der Waals surface area contributed by atoms with E-state index in [2.05, 4.69) is 0 Å². The molecule has 0 saturated heterocycles. The Labute approximate surface area is 94.6 Å². The lowest BCUT2D eigenvalue weighted by Crippen LogP contribution is -2.66. The third-order valence-corrected chi connectivity index (χ3v) is 2.84. The van der Waals surface area contributed by atoms with Crippen LogP contribution in [0.15, 0.2) is 0 Å². The maximum atomic E-state index is 10.7. The van der Waals surface area contributed by atoms with Crippen LogP contribution in [-0.2, 0) is 24.5 Å². The Bertz CT molecular complexity index is 416. The lowest BCUT2D eigenvalue weighted by atomic mass is 10.0. The first-order valence-corrected chi connectivity index (χ1v) is 5.40. The van der Waals surface area contributed by atoms with Crippen molar-refractivity contribution < 1.29 is 42.7 Å². The van der Waals surface area contributed by atoms with Crippen molar-refractivity contribution >= 4 is 28.0 Å². The SMILES string of the molecule is CC(NC(C(=O)O)(C(=O)O)C(=O)O)S(=O)(=O)O. The van der Waals surface area contributed by atoms with Crippen molar-refractivity contribution in [1.29, 1.82) is 0 Å². The van der Waals surface area contributed by atoms with E-state index in [9.17, 15) is 22.8 Å². The molecule has 98 valence electrons. The van der Waals surface area contributed by atoms with Crippen molar-refractivity contribution in [2.24, 2.45) is 0 Å². The summed E-state index contributed by atoms with van der Waals surface area (Å²) < 4.78 is 29.7. The summed E-state index contributed by atoms with van der Waals surface area (Å²) >= 11 is 0. The van der Waals surface area contributed by atoms with Gasteiger partial charge in [-0.1, -0.05) is 0 Å². The van der Waals surface area contributed by atoms with Crippen LogP contribution in [0.5, 0.6) is 0 Å². The van der Waals surface area contributed by atoms with Crippen molar-refractivity contribution in [3.8, 4) is 0 Å². The minimum Gasteiger partial charge on any atom is -0.479 e. The van der Waals surface area contributed by atoms with Gasteiger partial charge < -0.3 is 15.3 Å². The Balaban J connectivity index is 5.59. The lowest BCUT2D eigenvalue weighted by molar-refractivity contribution is -0.169. The van der Waals surface area contributed by atoms with Gasteiger partial charge in [0, 0.05) is 0 Å². The summed E-state index contributed by atoms with van der Waals surface area (Å²) in [6, 6.07) is 0. The molecule has 1 atom stereocenters. The van der Waals surface area contributed by atoms with Crippen molar-refractivity contribution in [2.75, 3.05) is 0 Å². The number of hydrogen-bond acceptors (Lipinski definition) is 6. The van der Waals surface area contributed by atoms with Gasteiger partial charge in [-0.25, -0.2) is 14.4 Å². The molecule has 5 N–H and O–H groups in total. The third-order valence-electron chi connectivity index (χ3n) is 1.83. The van der Waals surface area contributed by atoms with Crippen molar-refractivity contribution in [2.45, 2.75) is 17.8 Å². The van der Waals surface area contributed by atoms with Crippen LogP contribution < -0.4 is 5.32 Å². The number of hydrogen-bond donors (Lipinski definition) is 5. The topological polar surface area (TPSA) is 178 Å². The second-order valence-electron chi connectivity index (χ2n) is 2.97. The smallest absolute Gasteiger partial charge is 0.347 e. The van der Waals surface area contributed by atoms with Gasteiger partial charge >= 0.3 is 23.4 Å². The molecule has 0 bridgehead atoms. The average Bonchev–Trinajstić information content (AvgIpc) is 2.09. The van der Waals surface area contributed by atoms with Gasteiger partial charge in [0.1, 0.15) is 5.37 Å². The molecule has 0 heterocycles. The molecule has 0 aliphatic heterocycles. The number of nitrogens with one attached hydrogen (secondary N) is 1. The van der Waals surface area contributed by atoms with E-state index in [-0.39, 0.29) is 0 Å². The van der Waals surface area contributed by atoms with E-state index in [1.807, 2.05) is 0 Å². The summed E-state index contributed by atoms with van der Waals surface area (Å²) in [6.45, 7) is 0.693. The van der Waals surface area contributed by atoms with Gasteiger partial charge in [0.25, 0.3) is 10.1 Å². The summed E-state index contributed by atoms with van der Waals surface area (Å²) in [7, 11) is -4.84. The largest absolute Gasteiger partial charge is 0.479 e. The molecule has 0 rings (SSSR count). The maximum Gasteiger partial charge on any atom is 0.347 e. The molecule has 0 aliphatic rings. The summed E-state index contributed by atoms with van der Waals surface area (Å²) in [5, 5.41) is 25.0. The molecular formula is C6H9NO9S. The Morgan fingerprint density at radius 2 is 1.35 bits per heavy atom. The zero-order valence-electron chi connectivity index (χ0n) is 8.32. The Hall–Kier alpha value is -1.72. The first kappa shape index (κ1) is 15.3. The zero-order valence-corrected chi connectivity index (χ0v) is 9.13. The molecule has 0 aromatic rings. The molecule has 0 aromatic carbocycles. The summed E-state index contributed by atoms with van der Waals surface area (Å²) in [5.74, 6) is -6.98. The third kappa shape index (κ3) is 2.89. The highest BCUT2D eigenvalue weighted by Crippen LogP contribution is 2.10. The van der Waals surface area contributed by atoms with E-state index in [0.29, 0.717) is 6.92 Å². The first-order valence-electron chi connectivity index (χ1n) is 3.90. The van der Waals surface area contributed by atoms with Gasteiger partial charge in [-0.2, -0.15) is 8.42 Å². The normalized spacial score (nSPS) is 14.0. The van der Waals surface area contributed by atoms with Crippen molar-refractivity contribution in [3.05, 3.63) is 0 Å². The van der Waals surface area contributed by atoms with Gasteiger partial charge in [-0.15, -0.1) is 0 Å². The fourth-order valence-electron chi connectivity index (χ4n) is 0.839. The van der Waals surface area contributed by atoms with Crippen LogP contribution in [-0.4, -0.2) is 57.1 Å². The monoisotopic (exact) mass is 271 g/mol. The van der Waals surface area contributed by atoms with Crippen molar-refractivity contribution in [3.63, 3.8) is 0 Å². The van der Waals surface area contributed by atoms with E-state index in [1.165, 1.54) is 5.32 Å². The van der Waals surface area contributed by atoms with Crippen LogP contribution in [0.4, 0.5) is 0 Å². The van der Waals surface area contributed by atoms with Crippen LogP contribution in [0.25, 0.3) is 0 Å². The van der Waals surface area contributed by atoms with E-state index in [0.717, 1.165) is 0 Å². The summed E-state index contributed by atoms with van der Waals surface area (Å²) in [6.07, 6.45) is 0. The highest BCUT2D eigenvalue weighted by atomic mass is 32.2. The molecule has 0 amide bonds. The van der Waals surface area contributed by atoms with Crippen molar-refractivity contribution in [1.82, 2.24) is 5.32 Å². The predicted octanol–water partition coefficient (Wildman–Crippen LogP) is -2.20.